The summed E-state index contributed by atoms with van der Waals surface area (Å²) in [6.45, 7) is 9.86. The van der Waals surface area contributed by atoms with E-state index in [2.05, 4.69) is 0 Å². The Bertz CT molecular complexity index is 1490. The molecule has 258 valence electrons. The van der Waals surface area contributed by atoms with Gasteiger partial charge in [0.1, 0.15) is 30.1 Å². The summed E-state index contributed by atoms with van der Waals surface area (Å²) in [6.07, 6.45) is -8.07. The van der Waals surface area contributed by atoms with Crippen LogP contribution in [-0.4, -0.2) is 60.3 Å². The lowest BCUT2D eigenvalue weighted by Gasteiger charge is -2.29. The number of esters is 1. The molecule has 1 aliphatic heterocycles. The summed E-state index contributed by atoms with van der Waals surface area (Å²) >= 11 is 0. The first-order valence-corrected chi connectivity index (χ1v) is 14.7. The highest BCUT2D eigenvalue weighted by molar-refractivity contribution is 5.98. The molecule has 2 amide bonds. The van der Waals surface area contributed by atoms with Gasteiger partial charge in [-0.15, -0.1) is 0 Å². The molecule has 0 aromatic heterocycles. The molecule has 2 aromatic rings. The minimum Gasteiger partial charge on any atom is -0.490 e. The number of carbonyl (C=O) groups excluding carboxylic acids is 3. The van der Waals surface area contributed by atoms with Crippen molar-refractivity contribution in [3.8, 4) is 5.75 Å². The number of hydrogen-bond donors (Lipinski definition) is 0. The maximum Gasteiger partial charge on any atom is 0.417 e. The molecule has 0 radical (unpaired) electrons. The number of hydrogen-bond acceptors (Lipinski definition) is 6. The lowest BCUT2D eigenvalue weighted by molar-refractivity contribution is -0.155. The van der Waals surface area contributed by atoms with Gasteiger partial charge in [-0.25, -0.2) is 4.79 Å². The third kappa shape index (κ3) is 11.2. The fraction of sp³-hybridized carbons (Fsp3) is 0.485. The lowest BCUT2D eigenvalue weighted by Crippen LogP contribution is -2.45. The second-order valence-electron chi connectivity index (χ2n) is 12.8. The average Bonchev–Trinajstić information content (AvgIpc) is 3.33. The zero-order chi connectivity index (χ0) is 35.4. The minimum atomic E-state index is -4.99. The number of carbonyl (C=O) groups is 3. The average molecular weight is 673 g/mol. The van der Waals surface area contributed by atoms with E-state index < -0.39 is 58.2 Å². The van der Waals surface area contributed by atoms with Gasteiger partial charge in [0.2, 0.25) is 5.91 Å². The number of halogens is 6. The van der Waals surface area contributed by atoms with Gasteiger partial charge >= 0.3 is 24.4 Å². The van der Waals surface area contributed by atoms with Gasteiger partial charge in [0.25, 0.3) is 0 Å². The van der Waals surface area contributed by atoms with Gasteiger partial charge in [0, 0.05) is 18.8 Å². The van der Waals surface area contributed by atoms with Crippen LogP contribution < -0.4 is 9.64 Å². The van der Waals surface area contributed by atoms with Crippen molar-refractivity contribution in [1.82, 2.24) is 4.90 Å². The van der Waals surface area contributed by atoms with Gasteiger partial charge < -0.3 is 19.1 Å². The molecule has 0 saturated heterocycles. The minimum absolute atomic E-state index is 0.0713. The van der Waals surface area contributed by atoms with E-state index in [-0.39, 0.29) is 32.2 Å². The van der Waals surface area contributed by atoms with Crippen LogP contribution in [0.5, 0.6) is 5.75 Å². The Morgan fingerprint density at radius 3 is 2.13 bits per heavy atom. The first-order chi connectivity index (χ1) is 21.5. The largest absolute Gasteiger partial charge is 0.490 e. The van der Waals surface area contributed by atoms with Crippen LogP contribution in [-0.2, 0) is 37.8 Å². The standard InChI is InChI=1S/C33H38F6N2O6/c1-30(2,3)46-28(43)14-15-40(29(44)47-31(4,5)6)20-27(42)41-16-13-22-18-24(11-12-26(22)41)45-17-7-8-21-9-10-23(32(34,35)36)19-25(21)33(37,38)39/h7-12,18-19H,13-17,20H2,1-6H3/b8-7+. The van der Waals surface area contributed by atoms with E-state index >= 15 is 0 Å². The number of nitrogens with zero attached hydrogens (tertiary/aromatic N) is 2. The van der Waals surface area contributed by atoms with Crippen LogP contribution in [0, 0.1) is 0 Å². The summed E-state index contributed by atoms with van der Waals surface area (Å²) in [6, 6.07) is 6.27. The summed E-state index contributed by atoms with van der Waals surface area (Å²) < 4.78 is 95.3. The van der Waals surface area contributed by atoms with Gasteiger partial charge in [0.15, 0.2) is 0 Å². The van der Waals surface area contributed by atoms with Crippen LogP contribution in [0.1, 0.15) is 70.2 Å². The topological polar surface area (TPSA) is 85.4 Å². The fourth-order valence-corrected chi connectivity index (χ4v) is 4.60. The molecule has 8 nitrogen and oxygen atoms in total. The Kier molecular flexibility index (Phi) is 11.3. The molecule has 0 atom stereocenters. The second kappa shape index (κ2) is 14.3. The van der Waals surface area contributed by atoms with E-state index in [1.54, 1.807) is 59.7 Å². The molecular weight excluding hydrogens is 634 g/mol. The number of amides is 2. The van der Waals surface area contributed by atoms with Gasteiger partial charge in [-0.1, -0.05) is 12.1 Å². The molecule has 0 unspecified atom stereocenters. The predicted octanol–water partition coefficient (Wildman–Crippen LogP) is 7.67. The normalized spacial score (nSPS) is 13.8. The highest BCUT2D eigenvalue weighted by Crippen LogP contribution is 2.38. The molecular formula is C33H38F6N2O6. The summed E-state index contributed by atoms with van der Waals surface area (Å²) in [4.78, 5) is 41.2. The quantitative estimate of drug-likeness (QED) is 0.201. The monoisotopic (exact) mass is 672 g/mol. The molecule has 0 aliphatic carbocycles. The number of rotatable bonds is 9. The zero-order valence-corrected chi connectivity index (χ0v) is 27.0. The van der Waals surface area contributed by atoms with Crippen LogP contribution in [0.15, 0.2) is 42.5 Å². The predicted molar refractivity (Wildman–Crippen MR) is 162 cm³/mol. The number of benzene rings is 2. The van der Waals surface area contributed by atoms with Crippen LogP contribution in [0.25, 0.3) is 6.08 Å². The maximum atomic E-state index is 13.4. The Balaban J connectivity index is 1.67. The third-order valence-electron chi connectivity index (χ3n) is 6.56. The summed E-state index contributed by atoms with van der Waals surface area (Å²) in [7, 11) is 0. The Morgan fingerprint density at radius 1 is 0.872 bits per heavy atom. The van der Waals surface area contributed by atoms with Crippen LogP contribution in [0.4, 0.5) is 36.8 Å². The molecule has 47 heavy (non-hydrogen) atoms. The van der Waals surface area contributed by atoms with Crippen molar-refractivity contribution < 1.29 is 54.9 Å². The lowest BCUT2D eigenvalue weighted by atomic mass is 10.0. The molecule has 14 heteroatoms. The van der Waals surface area contributed by atoms with Crippen molar-refractivity contribution >= 4 is 29.7 Å². The third-order valence-corrected chi connectivity index (χ3v) is 6.56. The molecule has 0 fully saturated rings. The van der Waals surface area contributed by atoms with Crippen molar-refractivity contribution in [3.05, 3.63) is 64.7 Å². The maximum absolute atomic E-state index is 13.4. The zero-order valence-electron chi connectivity index (χ0n) is 27.0. The number of anilines is 1. The molecule has 2 aromatic carbocycles. The van der Waals surface area contributed by atoms with Crippen LogP contribution in [0.2, 0.25) is 0 Å². The fourth-order valence-electron chi connectivity index (χ4n) is 4.60. The molecule has 1 aliphatic rings. The van der Waals surface area contributed by atoms with E-state index in [9.17, 15) is 40.7 Å². The summed E-state index contributed by atoms with van der Waals surface area (Å²) in [5, 5.41) is 0. The number of fused-ring (bicyclic) bond motifs is 1. The van der Waals surface area contributed by atoms with Crippen molar-refractivity contribution in [3.63, 3.8) is 0 Å². The number of alkyl halides is 6. The van der Waals surface area contributed by atoms with E-state index in [0.29, 0.717) is 30.5 Å². The van der Waals surface area contributed by atoms with Crippen molar-refractivity contribution in [1.29, 1.82) is 0 Å². The molecule has 0 N–H and O–H groups in total. The smallest absolute Gasteiger partial charge is 0.417 e. The first kappa shape index (κ1) is 37.2. The highest BCUT2D eigenvalue weighted by Gasteiger charge is 2.38. The number of ether oxygens (including phenoxy) is 3. The SMILES string of the molecule is CC(C)(C)OC(=O)CCN(CC(=O)N1CCc2cc(OC/C=C/c3ccc(C(F)(F)F)cc3C(F)(F)F)ccc21)C(=O)OC(C)(C)C. The Hall–Kier alpha value is -4.23. The van der Waals surface area contributed by atoms with Gasteiger partial charge in [-0.2, -0.15) is 26.3 Å². The van der Waals surface area contributed by atoms with E-state index in [0.717, 1.165) is 22.6 Å². The Labute approximate surface area is 269 Å². The van der Waals surface area contributed by atoms with Crippen molar-refractivity contribution in [2.75, 3.05) is 31.1 Å². The van der Waals surface area contributed by atoms with E-state index in [4.69, 9.17) is 14.2 Å². The van der Waals surface area contributed by atoms with Gasteiger partial charge in [-0.05, 0) is 95.5 Å². The van der Waals surface area contributed by atoms with E-state index in [1.165, 1.54) is 11.0 Å². The Morgan fingerprint density at radius 2 is 1.53 bits per heavy atom. The van der Waals surface area contributed by atoms with Crippen LogP contribution in [0.3, 0.4) is 0 Å². The van der Waals surface area contributed by atoms with Gasteiger partial charge in [-0.3, -0.25) is 14.5 Å². The molecule has 0 saturated carbocycles. The molecule has 0 bridgehead atoms. The molecule has 3 rings (SSSR count). The van der Waals surface area contributed by atoms with E-state index in [1.807, 2.05) is 0 Å². The van der Waals surface area contributed by atoms with Crippen molar-refractivity contribution in [2.24, 2.45) is 0 Å². The second-order valence-corrected chi connectivity index (χ2v) is 12.8. The highest BCUT2D eigenvalue weighted by atomic mass is 19.4. The van der Waals surface area contributed by atoms with Crippen LogP contribution >= 0.6 is 0 Å². The first-order valence-electron chi connectivity index (χ1n) is 14.7. The summed E-state index contributed by atoms with van der Waals surface area (Å²) in [5.41, 5.74) is -3.49. The molecule has 1 heterocycles. The van der Waals surface area contributed by atoms with Gasteiger partial charge in [0.05, 0.1) is 17.5 Å². The van der Waals surface area contributed by atoms with Crippen molar-refractivity contribution in [2.45, 2.75) is 77.9 Å². The molecule has 0 spiro atoms. The summed E-state index contributed by atoms with van der Waals surface area (Å²) in [5.74, 6) is -0.584.